The summed E-state index contributed by atoms with van der Waals surface area (Å²) in [5.74, 6) is -0.193. The van der Waals surface area contributed by atoms with Crippen molar-refractivity contribution in [1.29, 1.82) is 0 Å². The highest BCUT2D eigenvalue weighted by atomic mass is 32.2. The Bertz CT molecular complexity index is 1720. The lowest BCUT2D eigenvalue weighted by atomic mass is 9.94. The zero-order valence-corrected chi connectivity index (χ0v) is 22.8. The van der Waals surface area contributed by atoms with Crippen molar-refractivity contribution in [3.8, 4) is 39.5 Å². The van der Waals surface area contributed by atoms with Crippen LogP contribution in [0.5, 0.6) is 17.2 Å². The number of hydrogen-bond donors (Lipinski definition) is 0. The van der Waals surface area contributed by atoms with Crippen molar-refractivity contribution in [2.24, 2.45) is 0 Å². The van der Waals surface area contributed by atoms with E-state index in [1.807, 2.05) is 6.07 Å². The van der Waals surface area contributed by atoms with Gasteiger partial charge in [-0.15, -0.1) is 0 Å². The van der Waals surface area contributed by atoms with Gasteiger partial charge in [-0.25, -0.2) is 0 Å². The van der Waals surface area contributed by atoms with Gasteiger partial charge in [-0.1, -0.05) is 60.7 Å². The lowest BCUT2D eigenvalue weighted by molar-refractivity contribution is -0.137. The molecule has 0 fully saturated rings. The third-order valence-electron chi connectivity index (χ3n) is 5.49. The van der Waals surface area contributed by atoms with E-state index in [2.05, 4.69) is 0 Å². The Hall–Kier alpha value is -4.03. The van der Waals surface area contributed by atoms with Crippen LogP contribution >= 0.6 is 0 Å². The van der Waals surface area contributed by atoms with E-state index < -0.39 is 32.0 Å². The number of halogens is 3. The standard InChI is InChI=1S/C28H23F3O7S2/c1-39(32,33)37-23-12-8-20(9-13-23)21-10-14-24(25(16-21)28(29,30)31)22-11-15-26(27(17-22)38-40(2,34)35)36-18-19-6-4-3-5-7-19/h3-17H,18H2,1-2H3. The van der Waals surface area contributed by atoms with Gasteiger partial charge in [0.05, 0.1) is 18.1 Å². The molecule has 4 aromatic carbocycles. The molecule has 0 aliphatic carbocycles. The Morgan fingerprint density at radius 3 is 1.85 bits per heavy atom. The molecule has 0 aliphatic heterocycles. The molecular weight excluding hydrogens is 569 g/mol. The lowest BCUT2D eigenvalue weighted by Crippen LogP contribution is -2.09. The quantitative estimate of drug-likeness (QED) is 0.211. The molecule has 0 N–H and O–H groups in total. The molecule has 0 atom stereocenters. The highest BCUT2D eigenvalue weighted by Gasteiger charge is 2.34. The number of hydrogen-bond acceptors (Lipinski definition) is 7. The minimum absolute atomic E-state index is 0.0203. The Morgan fingerprint density at radius 2 is 1.25 bits per heavy atom. The van der Waals surface area contributed by atoms with E-state index in [9.17, 15) is 30.0 Å². The normalized spacial score (nSPS) is 12.1. The molecule has 0 aliphatic rings. The molecule has 210 valence electrons. The first-order valence-electron chi connectivity index (χ1n) is 11.6. The summed E-state index contributed by atoms with van der Waals surface area (Å²) in [6.45, 7) is 0.0802. The van der Waals surface area contributed by atoms with Crippen molar-refractivity contribution in [2.45, 2.75) is 12.8 Å². The molecule has 0 spiro atoms. The first-order chi connectivity index (χ1) is 18.7. The highest BCUT2D eigenvalue weighted by Crippen LogP contribution is 2.42. The number of ether oxygens (including phenoxy) is 1. The predicted octanol–water partition coefficient (Wildman–Crippen LogP) is 6.30. The number of benzene rings is 4. The van der Waals surface area contributed by atoms with E-state index in [4.69, 9.17) is 13.1 Å². The van der Waals surface area contributed by atoms with Gasteiger partial charge in [-0.05, 0) is 58.1 Å². The van der Waals surface area contributed by atoms with Crippen LogP contribution in [0.15, 0.2) is 91.0 Å². The maximum atomic E-state index is 14.2. The zero-order chi connectivity index (χ0) is 29.1. The third-order valence-corrected chi connectivity index (χ3v) is 6.47. The zero-order valence-electron chi connectivity index (χ0n) is 21.2. The summed E-state index contributed by atoms with van der Waals surface area (Å²) in [4.78, 5) is 0. The van der Waals surface area contributed by atoms with Crippen LogP contribution in [0, 0.1) is 0 Å². The smallest absolute Gasteiger partial charge is 0.417 e. The monoisotopic (exact) mass is 592 g/mol. The summed E-state index contributed by atoms with van der Waals surface area (Å²) in [5, 5.41) is 0. The second kappa shape index (κ2) is 11.2. The Morgan fingerprint density at radius 1 is 0.650 bits per heavy atom. The van der Waals surface area contributed by atoms with Gasteiger partial charge in [0.2, 0.25) is 0 Å². The summed E-state index contributed by atoms with van der Waals surface area (Å²) in [6.07, 6.45) is -3.06. The fourth-order valence-corrected chi connectivity index (χ4v) is 4.76. The maximum Gasteiger partial charge on any atom is 0.417 e. The Kier molecular flexibility index (Phi) is 8.13. The molecule has 0 amide bonds. The minimum Gasteiger partial charge on any atom is -0.485 e. The summed E-state index contributed by atoms with van der Waals surface area (Å²) >= 11 is 0. The molecule has 4 aromatic rings. The van der Waals surface area contributed by atoms with Crippen molar-refractivity contribution in [2.75, 3.05) is 12.5 Å². The van der Waals surface area contributed by atoms with Crippen LogP contribution in [-0.4, -0.2) is 29.3 Å². The van der Waals surface area contributed by atoms with Gasteiger partial charge in [-0.2, -0.15) is 30.0 Å². The average Bonchev–Trinajstić information content (AvgIpc) is 2.86. The van der Waals surface area contributed by atoms with Crippen LogP contribution in [0.25, 0.3) is 22.3 Å². The average molecular weight is 593 g/mol. The first kappa shape index (κ1) is 29.0. The number of rotatable bonds is 9. The van der Waals surface area contributed by atoms with Gasteiger partial charge >= 0.3 is 26.4 Å². The van der Waals surface area contributed by atoms with Gasteiger partial charge in [0, 0.05) is 0 Å². The van der Waals surface area contributed by atoms with E-state index in [0.29, 0.717) is 5.56 Å². The van der Waals surface area contributed by atoms with E-state index in [1.165, 1.54) is 54.6 Å². The van der Waals surface area contributed by atoms with Crippen LogP contribution in [0.2, 0.25) is 0 Å². The summed E-state index contributed by atoms with van der Waals surface area (Å²) in [5.41, 5.74) is 0.288. The molecule has 4 rings (SSSR count). The second-order valence-electron chi connectivity index (χ2n) is 8.79. The van der Waals surface area contributed by atoms with E-state index in [0.717, 1.165) is 24.1 Å². The van der Waals surface area contributed by atoms with Gasteiger partial charge in [0.25, 0.3) is 0 Å². The molecule has 12 heteroatoms. The van der Waals surface area contributed by atoms with Crippen LogP contribution in [0.4, 0.5) is 13.2 Å². The highest BCUT2D eigenvalue weighted by molar-refractivity contribution is 7.86. The van der Waals surface area contributed by atoms with Gasteiger partial charge in [-0.3, -0.25) is 0 Å². The van der Waals surface area contributed by atoms with E-state index in [1.54, 1.807) is 24.3 Å². The second-order valence-corrected chi connectivity index (χ2v) is 11.9. The molecule has 7 nitrogen and oxygen atoms in total. The van der Waals surface area contributed by atoms with Crippen molar-refractivity contribution >= 4 is 20.2 Å². The molecule has 0 saturated heterocycles. The fraction of sp³-hybridized carbons (Fsp3) is 0.143. The van der Waals surface area contributed by atoms with Gasteiger partial charge in [0.1, 0.15) is 12.4 Å². The molecule has 40 heavy (non-hydrogen) atoms. The summed E-state index contributed by atoms with van der Waals surface area (Å²) in [6, 6.07) is 22.2. The van der Waals surface area contributed by atoms with Gasteiger partial charge in [0.15, 0.2) is 11.5 Å². The molecule has 0 saturated carbocycles. The Balaban J connectivity index is 1.72. The predicted molar refractivity (Wildman–Crippen MR) is 144 cm³/mol. The maximum absolute atomic E-state index is 14.2. The van der Waals surface area contributed by atoms with Crippen molar-refractivity contribution < 1.29 is 43.1 Å². The van der Waals surface area contributed by atoms with Crippen LogP contribution in [0.3, 0.4) is 0 Å². The Labute approximate surface area is 230 Å². The SMILES string of the molecule is CS(=O)(=O)Oc1ccc(-c2ccc(-c3ccc(OCc4ccccc4)c(OS(C)(=O)=O)c3)c(C(F)(F)F)c2)cc1. The van der Waals surface area contributed by atoms with Crippen molar-refractivity contribution in [3.05, 3.63) is 102 Å². The molecule has 0 heterocycles. The molecule has 0 radical (unpaired) electrons. The molecule has 0 unspecified atom stereocenters. The minimum atomic E-state index is -4.76. The first-order valence-corrected chi connectivity index (χ1v) is 15.2. The molecular formula is C28H23F3O7S2. The summed E-state index contributed by atoms with van der Waals surface area (Å²) in [7, 11) is -7.79. The fourth-order valence-electron chi connectivity index (χ4n) is 3.85. The lowest BCUT2D eigenvalue weighted by Gasteiger charge is -2.17. The number of alkyl halides is 3. The molecule has 0 bridgehead atoms. The molecule has 0 aromatic heterocycles. The largest absolute Gasteiger partial charge is 0.485 e. The summed E-state index contributed by atoms with van der Waals surface area (Å²) < 4.78 is 105. The van der Waals surface area contributed by atoms with E-state index in [-0.39, 0.29) is 40.5 Å². The van der Waals surface area contributed by atoms with Crippen molar-refractivity contribution in [3.63, 3.8) is 0 Å². The van der Waals surface area contributed by atoms with Crippen LogP contribution < -0.4 is 13.1 Å². The van der Waals surface area contributed by atoms with Crippen molar-refractivity contribution in [1.82, 2.24) is 0 Å². The van der Waals surface area contributed by atoms with Gasteiger partial charge < -0.3 is 13.1 Å². The van der Waals surface area contributed by atoms with Crippen LogP contribution in [0.1, 0.15) is 11.1 Å². The topological polar surface area (TPSA) is 96.0 Å². The third kappa shape index (κ3) is 7.76. The van der Waals surface area contributed by atoms with Crippen LogP contribution in [-0.2, 0) is 33.0 Å². The van der Waals surface area contributed by atoms with E-state index >= 15 is 0 Å².